The Morgan fingerprint density at radius 2 is 1.47 bits per heavy atom. The molecule has 0 saturated heterocycles. The van der Waals surface area contributed by atoms with E-state index in [1.807, 2.05) is 19.1 Å². The lowest BCUT2D eigenvalue weighted by molar-refractivity contribution is -0.420. The molecule has 0 spiro atoms. The molecule has 0 aliphatic heterocycles. The topological polar surface area (TPSA) is 55.3 Å². The lowest BCUT2D eigenvalue weighted by Crippen LogP contribution is -2.51. The Morgan fingerprint density at radius 1 is 1.00 bits per heavy atom. The molecule has 3 N–H and O–H groups in total. The van der Waals surface area contributed by atoms with Crippen LogP contribution in [-0.2, 0) is 0 Å². The van der Waals surface area contributed by atoms with Crippen LogP contribution in [0.3, 0.4) is 0 Å². The molecule has 15 heavy (non-hydrogen) atoms. The first kappa shape index (κ1) is 11.7. The standard InChI is InChI=1S/C11H17NO3/c1-7(12)8-5-9(13-2)11(15-4)10(6-8)14-3/h5-7H,12H2,1-4H3/p+1. The van der Waals surface area contributed by atoms with E-state index in [9.17, 15) is 0 Å². The molecule has 0 radical (unpaired) electrons. The molecule has 1 aromatic carbocycles. The molecular weight excluding hydrogens is 194 g/mol. The molecule has 1 atom stereocenters. The van der Waals surface area contributed by atoms with Gasteiger partial charge in [-0.2, -0.15) is 0 Å². The third kappa shape index (κ3) is 2.33. The van der Waals surface area contributed by atoms with Crippen LogP contribution in [-0.4, -0.2) is 21.3 Å². The average Bonchev–Trinajstić information content (AvgIpc) is 2.26. The van der Waals surface area contributed by atoms with Crippen LogP contribution in [0.5, 0.6) is 17.2 Å². The molecule has 0 fully saturated rings. The van der Waals surface area contributed by atoms with Crippen molar-refractivity contribution in [2.75, 3.05) is 21.3 Å². The van der Waals surface area contributed by atoms with Gasteiger partial charge in [0.2, 0.25) is 5.75 Å². The van der Waals surface area contributed by atoms with E-state index in [4.69, 9.17) is 14.2 Å². The molecule has 0 bridgehead atoms. The van der Waals surface area contributed by atoms with Gasteiger partial charge in [-0.1, -0.05) is 0 Å². The van der Waals surface area contributed by atoms with Gasteiger partial charge in [-0.3, -0.25) is 0 Å². The van der Waals surface area contributed by atoms with Crippen molar-refractivity contribution in [3.05, 3.63) is 17.7 Å². The minimum Gasteiger partial charge on any atom is -0.493 e. The van der Waals surface area contributed by atoms with Gasteiger partial charge in [-0.25, -0.2) is 0 Å². The van der Waals surface area contributed by atoms with E-state index in [0.29, 0.717) is 17.2 Å². The summed E-state index contributed by atoms with van der Waals surface area (Å²) in [5.74, 6) is 1.95. The van der Waals surface area contributed by atoms with Crippen LogP contribution in [0.15, 0.2) is 12.1 Å². The highest BCUT2D eigenvalue weighted by Crippen LogP contribution is 2.38. The quantitative estimate of drug-likeness (QED) is 0.810. The number of quaternary nitrogens is 1. The van der Waals surface area contributed by atoms with E-state index >= 15 is 0 Å². The predicted octanol–water partition coefficient (Wildman–Crippen LogP) is 1.02. The third-order valence-electron chi connectivity index (χ3n) is 2.26. The van der Waals surface area contributed by atoms with Crippen LogP contribution in [0.4, 0.5) is 0 Å². The molecule has 4 heteroatoms. The fraction of sp³-hybridized carbons (Fsp3) is 0.455. The Bertz CT molecular complexity index is 312. The molecule has 0 aliphatic rings. The smallest absolute Gasteiger partial charge is 0.203 e. The van der Waals surface area contributed by atoms with Gasteiger partial charge in [-0.05, 0) is 19.1 Å². The largest absolute Gasteiger partial charge is 0.493 e. The molecule has 84 valence electrons. The van der Waals surface area contributed by atoms with E-state index in [-0.39, 0.29) is 6.04 Å². The summed E-state index contributed by atoms with van der Waals surface area (Å²) in [6, 6.07) is 4.01. The number of hydrogen-bond acceptors (Lipinski definition) is 3. The maximum Gasteiger partial charge on any atom is 0.203 e. The predicted molar refractivity (Wildman–Crippen MR) is 57.4 cm³/mol. The molecular formula is C11H18NO3+. The van der Waals surface area contributed by atoms with Crippen LogP contribution in [0.2, 0.25) is 0 Å². The molecule has 4 nitrogen and oxygen atoms in total. The average molecular weight is 212 g/mol. The van der Waals surface area contributed by atoms with Crippen LogP contribution in [0, 0.1) is 0 Å². The maximum absolute atomic E-state index is 5.24. The normalized spacial score (nSPS) is 12.1. The first-order valence-electron chi connectivity index (χ1n) is 4.77. The fourth-order valence-electron chi connectivity index (χ4n) is 1.39. The first-order valence-corrected chi connectivity index (χ1v) is 4.77. The molecule has 0 heterocycles. The Morgan fingerprint density at radius 3 is 1.73 bits per heavy atom. The highest BCUT2D eigenvalue weighted by molar-refractivity contribution is 5.54. The molecule has 0 aromatic heterocycles. The summed E-state index contributed by atoms with van der Waals surface area (Å²) in [4.78, 5) is 0. The second-order valence-corrected chi connectivity index (χ2v) is 3.36. The zero-order valence-corrected chi connectivity index (χ0v) is 9.66. The van der Waals surface area contributed by atoms with E-state index in [2.05, 4.69) is 5.73 Å². The van der Waals surface area contributed by atoms with Crippen molar-refractivity contribution < 1.29 is 19.9 Å². The van der Waals surface area contributed by atoms with Crippen molar-refractivity contribution in [3.63, 3.8) is 0 Å². The minimum atomic E-state index is 0.179. The molecule has 0 aliphatic carbocycles. The number of methoxy groups -OCH3 is 3. The fourth-order valence-corrected chi connectivity index (χ4v) is 1.39. The number of ether oxygens (including phenoxy) is 3. The van der Waals surface area contributed by atoms with Gasteiger partial charge < -0.3 is 19.9 Å². The van der Waals surface area contributed by atoms with Crippen molar-refractivity contribution in [1.82, 2.24) is 0 Å². The summed E-state index contributed by atoms with van der Waals surface area (Å²) in [7, 11) is 4.80. The van der Waals surface area contributed by atoms with Crippen LogP contribution >= 0.6 is 0 Å². The number of hydrogen-bond donors (Lipinski definition) is 1. The Labute approximate surface area is 89.9 Å². The lowest BCUT2D eigenvalue weighted by atomic mass is 10.1. The molecule has 0 amide bonds. The second kappa shape index (κ2) is 4.89. The highest BCUT2D eigenvalue weighted by Gasteiger charge is 2.15. The van der Waals surface area contributed by atoms with Crippen LogP contribution in [0.25, 0.3) is 0 Å². The Hall–Kier alpha value is -1.42. The van der Waals surface area contributed by atoms with Gasteiger partial charge in [0, 0.05) is 5.56 Å². The summed E-state index contributed by atoms with van der Waals surface area (Å²) < 4.78 is 15.7. The molecule has 1 rings (SSSR count). The molecule has 1 aromatic rings. The monoisotopic (exact) mass is 212 g/mol. The summed E-state index contributed by atoms with van der Waals surface area (Å²) in [6.45, 7) is 2.01. The number of benzene rings is 1. The van der Waals surface area contributed by atoms with E-state index in [1.54, 1.807) is 21.3 Å². The summed E-state index contributed by atoms with van der Waals surface area (Å²) in [6.07, 6.45) is 0. The first-order chi connectivity index (χ1) is 7.13. The van der Waals surface area contributed by atoms with Gasteiger partial charge in [-0.15, -0.1) is 0 Å². The zero-order chi connectivity index (χ0) is 11.4. The summed E-state index contributed by atoms with van der Waals surface area (Å²) >= 11 is 0. The Balaban J connectivity index is 3.29. The maximum atomic E-state index is 5.24. The minimum absolute atomic E-state index is 0.179. The van der Waals surface area contributed by atoms with Crippen LogP contribution in [0.1, 0.15) is 18.5 Å². The van der Waals surface area contributed by atoms with E-state index in [1.165, 1.54) is 0 Å². The van der Waals surface area contributed by atoms with Crippen molar-refractivity contribution in [2.24, 2.45) is 0 Å². The van der Waals surface area contributed by atoms with Crippen molar-refractivity contribution >= 4 is 0 Å². The molecule has 0 saturated carbocycles. The van der Waals surface area contributed by atoms with Gasteiger partial charge >= 0.3 is 0 Å². The van der Waals surface area contributed by atoms with E-state index in [0.717, 1.165) is 5.56 Å². The highest BCUT2D eigenvalue weighted by atomic mass is 16.5. The molecule has 1 unspecified atom stereocenters. The SMILES string of the molecule is COc1cc(C(C)[NH3+])cc(OC)c1OC. The summed E-state index contributed by atoms with van der Waals surface area (Å²) in [5, 5.41) is 0. The van der Waals surface area contributed by atoms with Gasteiger partial charge in [0.1, 0.15) is 6.04 Å². The van der Waals surface area contributed by atoms with E-state index < -0.39 is 0 Å². The van der Waals surface area contributed by atoms with Crippen molar-refractivity contribution in [1.29, 1.82) is 0 Å². The van der Waals surface area contributed by atoms with Gasteiger partial charge in [0.05, 0.1) is 21.3 Å². The zero-order valence-electron chi connectivity index (χ0n) is 9.66. The third-order valence-corrected chi connectivity index (χ3v) is 2.26. The summed E-state index contributed by atoms with van der Waals surface area (Å²) in [5.41, 5.74) is 5.02. The lowest BCUT2D eigenvalue weighted by Gasteiger charge is -2.14. The van der Waals surface area contributed by atoms with Crippen molar-refractivity contribution in [3.8, 4) is 17.2 Å². The Kier molecular flexibility index (Phi) is 3.80. The van der Waals surface area contributed by atoms with Crippen molar-refractivity contribution in [2.45, 2.75) is 13.0 Å². The van der Waals surface area contributed by atoms with Crippen LogP contribution < -0.4 is 19.9 Å². The van der Waals surface area contributed by atoms with Gasteiger partial charge in [0.25, 0.3) is 0 Å². The van der Waals surface area contributed by atoms with Gasteiger partial charge in [0.15, 0.2) is 11.5 Å². The number of rotatable bonds is 4. The second-order valence-electron chi connectivity index (χ2n) is 3.36.